The largest absolute Gasteiger partial charge is 0.300 e. The third kappa shape index (κ3) is 15.8. The fourth-order valence-electron chi connectivity index (χ4n) is 2.71. The van der Waals surface area contributed by atoms with Crippen LogP contribution < -0.4 is 0 Å². The molecule has 24 heavy (non-hydrogen) atoms. The monoisotopic (exact) mass is 332 g/mol. The van der Waals surface area contributed by atoms with Gasteiger partial charge in [-0.15, -0.1) is 0 Å². The van der Waals surface area contributed by atoms with Crippen molar-refractivity contribution in [1.82, 2.24) is 0 Å². The van der Waals surface area contributed by atoms with Crippen molar-refractivity contribution in [3.05, 3.63) is 34.9 Å². The topological polar surface area (TPSA) is 17.1 Å². The molecule has 0 saturated carbocycles. The van der Waals surface area contributed by atoms with Crippen molar-refractivity contribution in [2.45, 2.75) is 99.3 Å². The molecule has 138 valence electrons. The zero-order valence-corrected chi connectivity index (χ0v) is 17.1. The minimum atomic E-state index is 0.280. The molecule has 1 heteroatoms. The highest BCUT2D eigenvalue weighted by atomic mass is 16.1. The number of Topliss-reactive ketones (excluding diaryl/α,β-unsaturated/α-hetero) is 1. The van der Waals surface area contributed by atoms with Gasteiger partial charge < -0.3 is 4.79 Å². The Morgan fingerprint density at radius 1 is 0.708 bits per heavy atom. The first-order chi connectivity index (χ1) is 11.3. The van der Waals surface area contributed by atoms with Crippen molar-refractivity contribution in [2.75, 3.05) is 0 Å². The Labute approximate surface area is 151 Å². The van der Waals surface area contributed by atoms with Gasteiger partial charge >= 0.3 is 0 Å². The molecule has 0 heterocycles. The van der Waals surface area contributed by atoms with Crippen molar-refractivity contribution in [3.8, 4) is 0 Å². The Bertz CT molecular complexity index is 435. The quantitative estimate of drug-likeness (QED) is 0.318. The van der Waals surface area contributed by atoms with Crippen LogP contribution in [0.2, 0.25) is 0 Å². The molecule has 0 saturated heterocycles. The van der Waals surface area contributed by atoms with Crippen LogP contribution >= 0.6 is 0 Å². The van der Waals surface area contributed by atoms with E-state index in [4.69, 9.17) is 0 Å². The predicted molar refractivity (Wildman–Crippen MR) is 108 cm³/mol. The van der Waals surface area contributed by atoms with Gasteiger partial charge in [-0.3, -0.25) is 0 Å². The van der Waals surface area contributed by atoms with Crippen LogP contribution in [0.15, 0.2) is 34.9 Å². The van der Waals surface area contributed by atoms with Crippen LogP contribution in [0.3, 0.4) is 0 Å². The van der Waals surface area contributed by atoms with E-state index in [1.165, 1.54) is 43.3 Å². The minimum Gasteiger partial charge on any atom is -0.300 e. The first kappa shape index (κ1) is 22.9. The minimum absolute atomic E-state index is 0.280. The molecule has 0 aliphatic rings. The molecular formula is C23H40O. The summed E-state index contributed by atoms with van der Waals surface area (Å²) in [6, 6.07) is 0. The third-order valence-corrected chi connectivity index (χ3v) is 4.40. The first-order valence-electron chi connectivity index (χ1n) is 9.77. The Morgan fingerprint density at radius 2 is 1.12 bits per heavy atom. The van der Waals surface area contributed by atoms with Crippen molar-refractivity contribution in [3.63, 3.8) is 0 Å². The summed E-state index contributed by atoms with van der Waals surface area (Å²) < 4.78 is 0. The van der Waals surface area contributed by atoms with Gasteiger partial charge in [0, 0.05) is 6.42 Å². The molecule has 0 aromatic rings. The third-order valence-electron chi connectivity index (χ3n) is 4.40. The zero-order chi connectivity index (χ0) is 18.4. The summed E-state index contributed by atoms with van der Waals surface area (Å²) >= 11 is 0. The van der Waals surface area contributed by atoms with Gasteiger partial charge in [-0.2, -0.15) is 0 Å². The van der Waals surface area contributed by atoms with Gasteiger partial charge in [0.15, 0.2) is 0 Å². The molecule has 0 aromatic carbocycles. The molecule has 0 aliphatic heterocycles. The lowest BCUT2D eigenvalue weighted by Crippen LogP contribution is -1.88. The Kier molecular flexibility index (Phi) is 13.6. The highest BCUT2D eigenvalue weighted by Crippen LogP contribution is 2.15. The maximum atomic E-state index is 10.9. The highest BCUT2D eigenvalue weighted by Gasteiger charge is 1.96. The maximum absolute atomic E-state index is 10.9. The zero-order valence-electron chi connectivity index (χ0n) is 17.1. The molecular weight excluding hydrogens is 292 g/mol. The Morgan fingerprint density at radius 3 is 1.54 bits per heavy atom. The maximum Gasteiger partial charge on any atom is 0.130 e. The van der Waals surface area contributed by atoms with Crippen LogP contribution in [0.1, 0.15) is 99.3 Å². The molecule has 0 fully saturated rings. The normalized spacial score (nSPS) is 13.7. The summed E-state index contributed by atoms with van der Waals surface area (Å²) in [5, 5.41) is 0. The molecule has 0 N–H and O–H groups in total. The average molecular weight is 333 g/mol. The van der Waals surface area contributed by atoms with Gasteiger partial charge in [-0.05, 0) is 78.6 Å². The predicted octanol–water partition coefficient (Wildman–Crippen LogP) is 7.58. The number of hydrogen-bond acceptors (Lipinski definition) is 1. The van der Waals surface area contributed by atoms with E-state index in [2.05, 4.69) is 52.8 Å². The lowest BCUT2D eigenvalue weighted by atomic mass is 10.0. The summed E-state index contributed by atoms with van der Waals surface area (Å²) in [6.07, 6.45) is 17.1. The molecule has 0 atom stereocenters. The van der Waals surface area contributed by atoms with Gasteiger partial charge in [0.05, 0.1) is 0 Å². The van der Waals surface area contributed by atoms with Crippen LogP contribution in [0.5, 0.6) is 0 Å². The van der Waals surface area contributed by atoms with E-state index >= 15 is 0 Å². The van der Waals surface area contributed by atoms with Gasteiger partial charge in [0.2, 0.25) is 0 Å². The SMILES string of the molecule is CC(=O)CC/C=C(\C)CC/C=C(\C)CC/C=C(/C)CCCC(C)C. The van der Waals surface area contributed by atoms with Crippen LogP contribution in [-0.4, -0.2) is 5.78 Å². The van der Waals surface area contributed by atoms with Gasteiger partial charge in [-0.25, -0.2) is 0 Å². The number of rotatable bonds is 13. The smallest absolute Gasteiger partial charge is 0.130 e. The first-order valence-corrected chi connectivity index (χ1v) is 9.77. The van der Waals surface area contributed by atoms with Crippen molar-refractivity contribution < 1.29 is 4.79 Å². The summed E-state index contributed by atoms with van der Waals surface area (Å²) in [6.45, 7) is 13.0. The summed E-state index contributed by atoms with van der Waals surface area (Å²) in [5.74, 6) is 1.10. The standard InChI is InChI=1S/C23H40O/c1-19(2)11-7-12-20(3)13-8-14-21(4)15-9-16-22(5)17-10-18-23(6)24/h13,15,17,19H,7-12,14,16,18H2,1-6H3/b20-13-,21-15+,22-17+. The van der Waals surface area contributed by atoms with Crippen molar-refractivity contribution in [2.24, 2.45) is 5.92 Å². The molecule has 1 nitrogen and oxygen atoms in total. The van der Waals surface area contributed by atoms with Gasteiger partial charge in [-0.1, -0.05) is 55.2 Å². The Hall–Kier alpha value is -1.11. The van der Waals surface area contributed by atoms with Crippen LogP contribution in [0, 0.1) is 5.92 Å². The van der Waals surface area contributed by atoms with Crippen molar-refractivity contribution >= 4 is 5.78 Å². The fourth-order valence-corrected chi connectivity index (χ4v) is 2.71. The summed E-state index contributed by atoms with van der Waals surface area (Å²) in [4.78, 5) is 10.9. The Balaban J connectivity index is 3.92. The second-order valence-electron chi connectivity index (χ2n) is 7.76. The van der Waals surface area contributed by atoms with Crippen molar-refractivity contribution in [1.29, 1.82) is 0 Å². The number of carbonyl (C=O) groups is 1. The molecule has 0 aliphatic carbocycles. The molecule has 0 aromatic heterocycles. The highest BCUT2D eigenvalue weighted by molar-refractivity contribution is 5.75. The molecule has 0 radical (unpaired) electrons. The second-order valence-corrected chi connectivity index (χ2v) is 7.76. The summed E-state index contributed by atoms with van der Waals surface area (Å²) in [7, 11) is 0. The molecule has 0 rings (SSSR count). The van der Waals surface area contributed by atoms with E-state index in [1.54, 1.807) is 12.5 Å². The lowest BCUT2D eigenvalue weighted by molar-refractivity contribution is -0.116. The number of carbonyl (C=O) groups excluding carboxylic acids is 1. The van der Waals surface area contributed by atoms with Gasteiger partial charge in [0.25, 0.3) is 0 Å². The second kappa shape index (κ2) is 14.3. The molecule has 0 bridgehead atoms. The fraction of sp³-hybridized carbons (Fsp3) is 0.696. The number of allylic oxidation sites excluding steroid dienone is 6. The number of hydrogen-bond donors (Lipinski definition) is 0. The van der Waals surface area contributed by atoms with E-state index in [0.29, 0.717) is 6.42 Å². The van der Waals surface area contributed by atoms with E-state index in [-0.39, 0.29) is 5.78 Å². The van der Waals surface area contributed by atoms with Crippen LogP contribution in [0.25, 0.3) is 0 Å². The molecule has 0 unspecified atom stereocenters. The van der Waals surface area contributed by atoms with E-state index < -0.39 is 0 Å². The van der Waals surface area contributed by atoms with Crippen LogP contribution in [-0.2, 0) is 4.79 Å². The number of ketones is 1. The lowest BCUT2D eigenvalue weighted by Gasteiger charge is -2.05. The van der Waals surface area contributed by atoms with Crippen LogP contribution in [0.4, 0.5) is 0 Å². The van der Waals surface area contributed by atoms with E-state index in [9.17, 15) is 4.79 Å². The molecule has 0 spiro atoms. The van der Waals surface area contributed by atoms with E-state index in [1.807, 2.05) is 0 Å². The van der Waals surface area contributed by atoms with Gasteiger partial charge in [0.1, 0.15) is 5.78 Å². The summed E-state index contributed by atoms with van der Waals surface area (Å²) in [5.41, 5.74) is 4.45. The molecule has 0 amide bonds. The van der Waals surface area contributed by atoms with E-state index in [0.717, 1.165) is 25.2 Å². The average Bonchev–Trinajstić information content (AvgIpc) is 2.46.